The number of benzene rings is 1. The highest BCUT2D eigenvalue weighted by atomic mass is 79.9. The second kappa shape index (κ2) is 3.64. The van der Waals surface area contributed by atoms with Crippen LogP contribution in [-0.2, 0) is 10.4 Å². The van der Waals surface area contributed by atoms with E-state index >= 15 is 0 Å². The summed E-state index contributed by atoms with van der Waals surface area (Å²) in [6.07, 6.45) is 0. The van der Waals surface area contributed by atoms with E-state index in [9.17, 15) is 0 Å². The van der Waals surface area contributed by atoms with Gasteiger partial charge < -0.3 is 3.83 Å². The molecule has 0 aliphatic heterocycles. The first-order valence-corrected chi connectivity index (χ1v) is 3.35. The molecule has 0 aromatic heterocycles. The van der Waals surface area contributed by atoms with E-state index < -0.39 is 0 Å². The maximum Gasteiger partial charge on any atom is 0.0991 e. The van der Waals surface area contributed by atoms with Gasteiger partial charge in [-0.15, -0.1) is 0 Å². The van der Waals surface area contributed by atoms with Crippen molar-refractivity contribution in [3.8, 4) is 0 Å². The van der Waals surface area contributed by atoms with Gasteiger partial charge >= 0.3 is 0 Å². The van der Waals surface area contributed by atoms with E-state index in [1.807, 2.05) is 30.3 Å². The minimum absolute atomic E-state index is 0.626. The Hall–Kier alpha value is -0.340. The van der Waals surface area contributed by atoms with Crippen LogP contribution in [0.25, 0.3) is 0 Å². The Balaban J connectivity index is 2.61. The standard InChI is InChI=1S/C7H7BrO/c8-9-6-7-4-2-1-3-5-7/h1-5H,6H2. The third-order valence-corrected chi connectivity index (χ3v) is 1.29. The average Bonchev–Trinajstić information content (AvgIpc) is 1.91. The summed E-state index contributed by atoms with van der Waals surface area (Å²) in [5.41, 5.74) is 1.18. The van der Waals surface area contributed by atoms with Crippen molar-refractivity contribution in [3.05, 3.63) is 35.9 Å². The molecule has 1 rings (SSSR count). The molecule has 0 aliphatic carbocycles. The smallest absolute Gasteiger partial charge is 0.0991 e. The summed E-state index contributed by atoms with van der Waals surface area (Å²) in [5, 5.41) is 0. The van der Waals surface area contributed by atoms with E-state index in [1.165, 1.54) is 5.56 Å². The van der Waals surface area contributed by atoms with Crippen molar-refractivity contribution in [2.45, 2.75) is 6.61 Å². The zero-order valence-electron chi connectivity index (χ0n) is 4.88. The van der Waals surface area contributed by atoms with Gasteiger partial charge in [-0.05, 0) is 5.56 Å². The summed E-state index contributed by atoms with van der Waals surface area (Å²) < 4.78 is 4.74. The summed E-state index contributed by atoms with van der Waals surface area (Å²) in [7, 11) is 0. The van der Waals surface area contributed by atoms with E-state index in [4.69, 9.17) is 3.83 Å². The summed E-state index contributed by atoms with van der Waals surface area (Å²) >= 11 is 2.89. The highest BCUT2D eigenvalue weighted by molar-refractivity contribution is 9.06. The van der Waals surface area contributed by atoms with Crippen molar-refractivity contribution in [1.82, 2.24) is 0 Å². The van der Waals surface area contributed by atoms with Crippen molar-refractivity contribution >= 4 is 16.3 Å². The summed E-state index contributed by atoms with van der Waals surface area (Å²) in [5.74, 6) is 0. The molecule has 0 atom stereocenters. The fraction of sp³-hybridized carbons (Fsp3) is 0.143. The lowest BCUT2D eigenvalue weighted by Crippen LogP contribution is -1.79. The number of halogens is 1. The van der Waals surface area contributed by atoms with Crippen LogP contribution < -0.4 is 0 Å². The fourth-order valence-electron chi connectivity index (χ4n) is 0.637. The third kappa shape index (κ3) is 2.16. The van der Waals surface area contributed by atoms with Gasteiger partial charge in [-0.2, -0.15) is 0 Å². The molecule has 0 saturated carbocycles. The Morgan fingerprint density at radius 2 is 1.89 bits per heavy atom. The summed E-state index contributed by atoms with van der Waals surface area (Å²) in [6.45, 7) is 0.626. The molecule has 1 aromatic carbocycles. The molecule has 48 valence electrons. The van der Waals surface area contributed by atoms with E-state index in [1.54, 1.807) is 0 Å². The fourth-order valence-corrected chi connectivity index (χ4v) is 0.902. The largest absolute Gasteiger partial charge is 0.303 e. The zero-order chi connectivity index (χ0) is 6.53. The third-order valence-electron chi connectivity index (χ3n) is 1.06. The van der Waals surface area contributed by atoms with Gasteiger partial charge in [0, 0.05) is 0 Å². The molecule has 2 heteroatoms. The Labute approximate surface area is 63.1 Å². The lowest BCUT2D eigenvalue weighted by molar-refractivity contribution is 0.387. The molecular weight excluding hydrogens is 180 g/mol. The molecule has 1 aromatic rings. The van der Waals surface area contributed by atoms with Crippen LogP contribution in [0.2, 0.25) is 0 Å². The Bertz CT molecular complexity index is 162. The Morgan fingerprint density at radius 3 is 2.44 bits per heavy atom. The number of rotatable bonds is 2. The lowest BCUT2D eigenvalue weighted by Gasteiger charge is -1.93. The minimum atomic E-state index is 0.626. The second-order valence-electron chi connectivity index (χ2n) is 1.74. The SMILES string of the molecule is BrOCc1ccccc1. The first kappa shape index (κ1) is 6.78. The molecule has 0 amide bonds. The van der Waals surface area contributed by atoms with Crippen LogP contribution in [0.5, 0.6) is 0 Å². The summed E-state index contributed by atoms with van der Waals surface area (Å²) in [6, 6.07) is 9.99. The molecule has 0 N–H and O–H groups in total. The topological polar surface area (TPSA) is 9.23 Å². The van der Waals surface area contributed by atoms with E-state index in [-0.39, 0.29) is 0 Å². The van der Waals surface area contributed by atoms with Crippen LogP contribution >= 0.6 is 16.3 Å². The molecule has 0 heterocycles. The van der Waals surface area contributed by atoms with Crippen LogP contribution in [0.15, 0.2) is 30.3 Å². The van der Waals surface area contributed by atoms with Crippen LogP contribution in [0.4, 0.5) is 0 Å². The predicted molar refractivity (Wildman–Crippen MR) is 40.2 cm³/mol. The van der Waals surface area contributed by atoms with Crippen molar-refractivity contribution in [2.24, 2.45) is 0 Å². The minimum Gasteiger partial charge on any atom is -0.303 e. The maximum atomic E-state index is 4.74. The molecule has 0 bridgehead atoms. The molecular formula is C7H7BrO. The highest BCUT2D eigenvalue weighted by Gasteiger charge is 1.85. The summed E-state index contributed by atoms with van der Waals surface area (Å²) in [4.78, 5) is 0. The highest BCUT2D eigenvalue weighted by Crippen LogP contribution is 2.01. The van der Waals surface area contributed by atoms with Crippen molar-refractivity contribution in [3.63, 3.8) is 0 Å². The van der Waals surface area contributed by atoms with Crippen LogP contribution in [0.3, 0.4) is 0 Å². The molecule has 0 saturated heterocycles. The monoisotopic (exact) mass is 186 g/mol. The van der Waals surface area contributed by atoms with Crippen molar-refractivity contribution in [2.75, 3.05) is 0 Å². The van der Waals surface area contributed by atoms with Gasteiger partial charge in [-0.1, -0.05) is 30.3 Å². The van der Waals surface area contributed by atoms with Gasteiger partial charge in [0.15, 0.2) is 0 Å². The zero-order valence-corrected chi connectivity index (χ0v) is 6.47. The molecule has 1 nitrogen and oxygen atoms in total. The van der Waals surface area contributed by atoms with Crippen molar-refractivity contribution in [1.29, 1.82) is 0 Å². The maximum absolute atomic E-state index is 4.74. The van der Waals surface area contributed by atoms with Crippen LogP contribution in [0.1, 0.15) is 5.56 Å². The van der Waals surface area contributed by atoms with E-state index in [2.05, 4.69) is 16.3 Å². The van der Waals surface area contributed by atoms with Gasteiger partial charge in [0.1, 0.15) is 0 Å². The first-order valence-electron chi connectivity index (χ1n) is 2.71. The molecule has 0 spiro atoms. The van der Waals surface area contributed by atoms with Gasteiger partial charge in [0.05, 0.1) is 22.9 Å². The average molecular weight is 187 g/mol. The van der Waals surface area contributed by atoms with E-state index in [0.29, 0.717) is 6.61 Å². The molecule has 9 heavy (non-hydrogen) atoms. The van der Waals surface area contributed by atoms with Crippen LogP contribution in [0, 0.1) is 0 Å². The normalized spacial score (nSPS) is 9.44. The molecule has 0 unspecified atom stereocenters. The first-order chi connectivity index (χ1) is 4.43. The van der Waals surface area contributed by atoms with Gasteiger partial charge in [0.25, 0.3) is 0 Å². The van der Waals surface area contributed by atoms with Crippen molar-refractivity contribution < 1.29 is 3.83 Å². The quantitative estimate of drug-likeness (QED) is 0.691. The van der Waals surface area contributed by atoms with Gasteiger partial charge in [-0.25, -0.2) is 0 Å². The lowest BCUT2D eigenvalue weighted by atomic mass is 10.2. The molecule has 0 aliphatic rings. The van der Waals surface area contributed by atoms with E-state index in [0.717, 1.165) is 0 Å². The Morgan fingerprint density at radius 1 is 1.22 bits per heavy atom. The molecule has 0 radical (unpaired) electrons. The number of hydrogen-bond donors (Lipinski definition) is 0. The second-order valence-corrected chi connectivity index (χ2v) is 2.20. The van der Waals surface area contributed by atoms with Gasteiger partial charge in [0.2, 0.25) is 0 Å². The number of hydrogen-bond acceptors (Lipinski definition) is 1. The Kier molecular flexibility index (Phi) is 2.74. The predicted octanol–water partition coefficient (Wildman–Crippen LogP) is 2.51. The molecule has 0 fully saturated rings. The van der Waals surface area contributed by atoms with Gasteiger partial charge in [-0.3, -0.25) is 0 Å². The van der Waals surface area contributed by atoms with Crippen LogP contribution in [-0.4, -0.2) is 0 Å².